The lowest BCUT2D eigenvalue weighted by atomic mass is 9.51. The molecule has 29 heavy (non-hydrogen) atoms. The highest BCUT2D eigenvalue weighted by atomic mass is 16.5. The van der Waals surface area contributed by atoms with Crippen LogP contribution in [0.3, 0.4) is 0 Å². The van der Waals surface area contributed by atoms with Gasteiger partial charge < -0.3 is 4.74 Å². The van der Waals surface area contributed by atoms with Crippen molar-refractivity contribution in [2.24, 2.45) is 5.41 Å². The number of aromatic nitrogens is 2. The molecule has 0 amide bonds. The first-order chi connectivity index (χ1) is 14.1. The van der Waals surface area contributed by atoms with Gasteiger partial charge in [0.15, 0.2) is 11.6 Å². The van der Waals surface area contributed by atoms with E-state index < -0.39 is 5.97 Å². The molecule has 1 aromatic carbocycles. The number of nitrogens with zero attached hydrogens (tertiary/aromatic N) is 2. The molecule has 152 valence electrons. The van der Waals surface area contributed by atoms with E-state index >= 15 is 0 Å². The molecular weight excluding hydrogens is 360 g/mol. The molecule has 3 aliphatic carbocycles. The topological polar surface area (TPSA) is 52.1 Å². The van der Waals surface area contributed by atoms with Gasteiger partial charge in [-0.15, -0.1) is 0 Å². The van der Waals surface area contributed by atoms with Crippen LogP contribution < -0.4 is 4.74 Å². The fourth-order valence-electron chi connectivity index (χ4n) is 5.38. The van der Waals surface area contributed by atoms with Crippen LogP contribution in [-0.4, -0.2) is 15.9 Å². The second-order valence-electron chi connectivity index (χ2n) is 8.77. The van der Waals surface area contributed by atoms with E-state index in [4.69, 9.17) is 4.74 Å². The number of rotatable bonds is 6. The highest BCUT2D eigenvalue weighted by Crippen LogP contribution is 2.59. The molecule has 0 saturated heterocycles. The Hall–Kier alpha value is -2.49. The number of esters is 1. The minimum Gasteiger partial charge on any atom is -0.420 e. The molecule has 0 spiro atoms. The van der Waals surface area contributed by atoms with Crippen LogP contribution in [0, 0.1) is 5.41 Å². The molecule has 3 fully saturated rings. The van der Waals surface area contributed by atoms with Crippen molar-refractivity contribution in [3.63, 3.8) is 0 Å². The summed E-state index contributed by atoms with van der Waals surface area (Å²) < 4.78 is 5.15. The number of ether oxygens (including phenoxy) is 1. The van der Waals surface area contributed by atoms with Crippen LogP contribution in [-0.2, 0) is 10.2 Å². The van der Waals surface area contributed by atoms with Crippen molar-refractivity contribution in [2.45, 2.75) is 70.6 Å². The van der Waals surface area contributed by atoms with E-state index in [1.54, 1.807) is 25.4 Å². The van der Waals surface area contributed by atoms with Crippen molar-refractivity contribution < 1.29 is 9.53 Å². The molecule has 4 nitrogen and oxygen atoms in total. The predicted molar refractivity (Wildman–Crippen MR) is 115 cm³/mol. The monoisotopic (exact) mass is 390 g/mol. The van der Waals surface area contributed by atoms with Gasteiger partial charge >= 0.3 is 5.97 Å². The van der Waals surface area contributed by atoms with Gasteiger partial charge in [0.25, 0.3) is 0 Å². The van der Waals surface area contributed by atoms with Crippen molar-refractivity contribution >= 4 is 5.97 Å². The Balaban J connectivity index is 1.45. The van der Waals surface area contributed by atoms with Crippen molar-refractivity contribution in [1.29, 1.82) is 0 Å². The Kier molecular flexibility index (Phi) is 5.53. The Labute approximate surface area is 173 Å². The van der Waals surface area contributed by atoms with Gasteiger partial charge in [0.1, 0.15) is 0 Å². The first-order valence-corrected chi connectivity index (χ1v) is 10.9. The quantitative estimate of drug-likeness (QED) is 0.447. The lowest BCUT2D eigenvalue weighted by Gasteiger charge is -2.54. The molecule has 0 atom stereocenters. The van der Waals surface area contributed by atoms with Crippen LogP contribution in [0.5, 0.6) is 5.75 Å². The van der Waals surface area contributed by atoms with Gasteiger partial charge in [-0.25, -0.2) is 14.8 Å². The zero-order chi connectivity index (χ0) is 20.3. The van der Waals surface area contributed by atoms with Gasteiger partial charge in [-0.2, -0.15) is 0 Å². The van der Waals surface area contributed by atoms with Crippen LogP contribution >= 0.6 is 0 Å². The summed E-state index contributed by atoms with van der Waals surface area (Å²) in [5.41, 5.74) is 3.48. The van der Waals surface area contributed by atoms with Gasteiger partial charge in [0.2, 0.25) is 0 Å². The Morgan fingerprint density at radius 1 is 1.03 bits per heavy atom. The Bertz CT molecular complexity index is 860. The third-order valence-corrected chi connectivity index (χ3v) is 7.09. The summed E-state index contributed by atoms with van der Waals surface area (Å²) in [6.45, 7) is 4.09. The fourth-order valence-corrected chi connectivity index (χ4v) is 5.38. The number of allylic oxidation sites excluding steroid dienone is 1. The standard InChI is InChI=1S/C25H30N2O2/c1-3-5-22(28)29-21-17-26-23(27-18-21)19-6-8-20(9-7-19)25-14-11-24(10-4-2,12-15-25)13-16-25/h3,5-9,17-18H,4,10-16H2,1-2H3. The van der Waals surface area contributed by atoms with E-state index in [1.165, 1.54) is 63.0 Å². The van der Waals surface area contributed by atoms with Crippen LogP contribution in [0.15, 0.2) is 48.8 Å². The molecule has 0 aliphatic heterocycles. The normalized spacial score (nSPS) is 26.0. The van der Waals surface area contributed by atoms with Crippen LogP contribution in [0.4, 0.5) is 0 Å². The Morgan fingerprint density at radius 3 is 2.21 bits per heavy atom. The van der Waals surface area contributed by atoms with E-state index in [0.29, 0.717) is 22.4 Å². The lowest BCUT2D eigenvalue weighted by molar-refractivity contribution is -0.129. The van der Waals surface area contributed by atoms with Crippen molar-refractivity contribution in [2.75, 3.05) is 0 Å². The van der Waals surface area contributed by atoms with Crippen molar-refractivity contribution in [1.82, 2.24) is 9.97 Å². The SMILES string of the molecule is CC=CC(=O)Oc1cnc(-c2ccc(C34CCC(CCC)(CC3)CC4)cc2)nc1. The first kappa shape index (κ1) is 19.8. The molecule has 2 bridgehead atoms. The van der Waals surface area contributed by atoms with Gasteiger partial charge in [0, 0.05) is 11.6 Å². The molecule has 0 unspecified atom stereocenters. The van der Waals surface area contributed by atoms with Gasteiger partial charge in [-0.3, -0.25) is 0 Å². The average molecular weight is 391 g/mol. The maximum absolute atomic E-state index is 11.5. The second-order valence-corrected chi connectivity index (χ2v) is 8.77. The zero-order valence-corrected chi connectivity index (χ0v) is 17.5. The third kappa shape index (κ3) is 3.98. The number of fused-ring (bicyclic) bond motifs is 3. The molecule has 0 N–H and O–H groups in total. The highest BCUT2D eigenvalue weighted by Gasteiger charge is 2.48. The maximum atomic E-state index is 11.5. The zero-order valence-electron chi connectivity index (χ0n) is 17.5. The smallest absolute Gasteiger partial charge is 0.335 e. The Morgan fingerprint density at radius 2 is 1.66 bits per heavy atom. The number of carbonyl (C=O) groups excluding carboxylic acids is 1. The number of benzene rings is 1. The number of carbonyl (C=O) groups is 1. The minimum atomic E-state index is -0.421. The molecular formula is C25H30N2O2. The van der Waals surface area contributed by atoms with E-state index in [2.05, 4.69) is 41.2 Å². The summed E-state index contributed by atoms with van der Waals surface area (Å²) >= 11 is 0. The molecule has 3 aliphatic rings. The van der Waals surface area contributed by atoms with E-state index in [-0.39, 0.29) is 0 Å². The fraction of sp³-hybridized carbons (Fsp3) is 0.480. The number of hydrogen-bond donors (Lipinski definition) is 0. The van der Waals surface area contributed by atoms with E-state index in [9.17, 15) is 4.79 Å². The minimum absolute atomic E-state index is 0.354. The molecule has 5 rings (SSSR count). The average Bonchev–Trinajstić information content (AvgIpc) is 2.76. The van der Waals surface area contributed by atoms with E-state index in [0.717, 1.165) is 5.56 Å². The second kappa shape index (κ2) is 8.10. The van der Waals surface area contributed by atoms with E-state index in [1.807, 2.05) is 0 Å². The lowest BCUT2D eigenvalue weighted by Crippen LogP contribution is -2.44. The van der Waals surface area contributed by atoms with Gasteiger partial charge in [-0.05, 0) is 68.3 Å². The summed E-state index contributed by atoms with van der Waals surface area (Å²) in [7, 11) is 0. The summed E-state index contributed by atoms with van der Waals surface area (Å²) in [5.74, 6) is 0.580. The summed E-state index contributed by atoms with van der Waals surface area (Å²) in [6, 6.07) is 8.81. The largest absolute Gasteiger partial charge is 0.420 e. The summed E-state index contributed by atoms with van der Waals surface area (Å²) in [4.78, 5) is 20.2. The molecule has 3 saturated carbocycles. The third-order valence-electron chi connectivity index (χ3n) is 7.09. The molecule has 1 heterocycles. The van der Waals surface area contributed by atoms with Crippen LogP contribution in [0.1, 0.15) is 70.8 Å². The number of hydrogen-bond acceptors (Lipinski definition) is 4. The molecule has 4 heteroatoms. The highest BCUT2D eigenvalue weighted by molar-refractivity contribution is 5.83. The van der Waals surface area contributed by atoms with Gasteiger partial charge in [0.05, 0.1) is 12.4 Å². The van der Waals surface area contributed by atoms with Gasteiger partial charge in [-0.1, -0.05) is 43.7 Å². The first-order valence-electron chi connectivity index (χ1n) is 10.9. The van der Waals surface area contributed by atoms with Crippen molar-refractivity contribution in [3.05, 3.63) is 54.4 Å². The molecule has 0 radical (unpaired) electrons. The van der Waals surface area contributed by atoms with Crippen molar-refractivity contribution in [3.8, 4) is 17.1 Å². The molecule has 1 aromatic heterocycles. The maximum Gasteiger partial charge on any atom is 0.335 e. The summed E-state index contributed by atoms with van der Waals surface area (Å²) in [5, 5.41) is 0. The van der Waals surface area contributed by atoms with Crippen LogP contribution in [0.25, 0.3) is 11.4 Å². The summed E-state index contributed by atoms with van der Waals surface area (Å²) in [6.07, 6.45) is 17.0. The van der Waals surface area contributed by atoms with Crippen LogP contribution in [0.2, 0.25) is 0 Å². The molecule has 2 aromatic rings. The predicted octanol–water partition coefficient (Wildman–Crippen LogP) is 6.02.